The van der Waals surface area contributed by atoms with E-state index >= 15 is 0 Å². The summed E-state index contributed by atoms with van der Waals surface area (Å²) in [6.45, 7) is 0. The Bertz CT molecular complexity index is 3140. The van der Waals surface area contributed by atoms with E-state index in [1.807, 2.05) is 18.2 Å². The molecule has 11 aromatic rings. The molecule has 0 fully saturated rings. The zero-order chi connectivity index (χ0) is 33.5. The number of hydrogen-bond acceptors (Lipinski definition) is 4. The van der Waals surface area contributed by atoms with Crippen molar-refractivity contribution in [3.05, 3.63) is 164 Å². The van der Waals surface area contributed by atoms with Gasteiger partial charge in [-0.05, 0) is 36.4 Å². The zero-order valence-corrected chi connectivity index (χ0v) is 28.0. The molecule has 5 nitrogen and oxygen atoms in total. The molecule has 0 aliphatic carbocycles. The normalized spacial score (nSPS) is 11.9. The van der Waals surface area contributed by atoms with E-state index in [4.69, 9.17) is 15.0 Å². The smallest absolute Gasteiger partial charge is 0.238 e. The Balaban J connectivity index is 1.27. The maximum Gasteiger partial charge on any atom is 0.238 e. The van der Waals surface area contributed by atoms with Crippen LogP contribution < -0.4 is 0 Å². The van der Waals surface area contributed by atoms with Crippen molar-refractivity contribution in [2.45, 2.75) is 0 Å². The lowest BCUT2D eigenvalue weighted by molar-refractivity contribution is 0.953. The van der Waals surface area contributed by atoms with E-state index < -0.39 is 0 Å². The Morgan fingerprint density at radius 2 is 0.902 bits per heavy atom. The third kappa shape index (κ3) is 4.24. The fourth-order valence-corrected chi connectivity index (χ4v) is 8.87. The van der Waals surface area contributed by atoms with Gasteiger partial charge in [-0.25, -0.2) is 4.98 Å². The van der Waals surface area contributed by atoms with Crippen LogP contribution in [0.25, 0.3) is 98.2 Å². The zero-order valence-electron chi connectivity index (χ0n) is 27.2. The van der Waals surface area contributed by atoms with Crippen molar-refractivity contribution in [2.24, 2.45) is 0 Å². The summed E-state index contributed by atoms with van der Waals surface area (Å²) in [6.07, 6.45) is 0. The number of thiophene rings is 1. The van der Waals surface area contributed by atoms with Gasteiger partial charge in [0.15, 0.2) is 11.6 Å². The molecule has 0 aliphatic rings. The first kappa shape index (κ1) is 28.2. The molecule has 0 N–H and O–H groups in total. The second-order valence-electron chi connectivity index (χ2n) is 12.9. The van der Waals surface area contributed by atoms with Crippen LogP contribution >= 0.6 is 11.3 Å². The van der Waals surface area contributed by atoms with E-state index in [1.165, 1.54) is 30.9 Å². The summed E-state index contributed by atoms with van der Waals surface area (Å²) in [7, 11) is 0. The molecule has 4 aromatic heterocycles. The number of hydrogen-bond donors (Lipinski definition) is 0. The quantitative estimate of drug-likeness (QED) is 0.187. The molecule has 4 heterocycles. The fraction of sp³-hybridized carbons (Fsp3) is 0. The Kier molecular flexibility index (Phi) is 6.05. The highest BCUT2D eigenvalue weighted by Crippen LogP contribution is 2.42. The third-order valence-electron chi connectivity index (χ3n) is 9.98. The van der Waals surface area contributed by atoms with Gasteiger partial charge in [0.05, 0.1) is 22.1 Å². The second-order valence-corrected chi connectivity index (χ2v) is 13.9. The number of rotatable bonds is 4. The molecule has 0 radical (unpaired) electrons. The molecule has 0 aliphatic heterocycles. The summed E-state index contributed by atoms with van der Waals surface area (Å²) in [5.41, 5.74) is 7.37. The first-order chi connectivity index (χ1) is 25.3. The minimum atomic E-state index is 0.582. The van der Waals surface area contributed by atoms with Crippen LogP contribution in [0.1, 0.15) is 0 Å². The van der Waals surface area contributed by atoms with E-state index in [1.54, 1.807) is 11.3 Å². The van der Waals surface area contributed by atoms with Gasteiger partial charge in [0, 0.05) is 58.5 Å². The highest BCUT2D eigenvalue weighted by molar-refractivity contribution is 7.25. The standard InChI is InChI=1S/C45H27N5S/c1-3-13-28(14-4-1)43-46-44(29-23-24-34-33-19-9-12-22-39(33)51-40(34)27-29)48-45(47-43)50-38-21-11-8-18-32(38)36-26-25-35-31-17-7-10-20-37(31)49(41(35)42(36)50)30-15-5-2-6-16-30/h1-27H. The molecule has 6 heteroatoms. The molecule has 0 atom stereocenters. The number of benzene rings is 7. The first-order valence-electron chi connectivity index (χ1n) is 17.0. The molecule has 51 heavy (non-hydrogen) atoms. The monoisotopic (exact) mass is 669 g/mol. The molecular formula is C45H27N5S. The lowest BCUT2D eigenvalue weighted by Crippen LogP contribution is -2.07. The number of nitrogens with zero attached hydrogens (tertiary/aromatic N) is 5. The maximum absolute atomic E-state index is 5.33. The van der Waals surface area contributed by atoms with Crippen LogP contribution in [0, 0.1) is 0 Å². The largest absolute Gasteiger partial charge is 0.307 e. The molecule has 0 saturated heterocycles. The summed E-state index contributed by atoms with van der Waals surface area (Å²) < 4.78 is 7.12. The maximum atomic E-state index is 5.33. The minimum Gasteiger partial charge on any atom is -0.307 e. The van der Waals surface area contributed by atoms with E-state index in [0.29, 0.717) is 17.6 Å². The summed E-state index contributed by atoms with van der Waals surface area (Å²) in [5, 5.41) is 7.19. The molecule has 11 rings (SSSR count). The van der Waals surface area contributed by atoms with Crippen LogP contribution in [0.5, 0.6) is 0 Å². The van der Waals surface area contributed by atoms with E-state index in [2.05, 4.69) is 155 Å². The van der Waals surface area contributed by atoms with Gasteiger partial charge in [-0.2, -0.15) is 9.97 Å². The second kappa shape index (κ2) is 10.9. The molecule has 7 aromatic carbocycles. The van der Waals surface area contributed by atoms with Crippen molar-refractivity contribution in [2.75, 3.05) is 0 Å². The van der Waals surface area contributed by atoms with Crippen LogP contribution in [0.4, 0.5) is 0 Å². The third-order valence-corrected chi connectivity index (χ3v) is 11.1. The van der Waals surface area contributed by atoms with Gasteiger partial charge in [0.2, 0.25) is 5.95 Å². The van der Waals surface area contributed by atoms with Crippen molar-refractivity contribution in [3.8, 4) is 34.4 Å². The molecule has 0 unspecified atom stereocenters. The Labute approximate surface area is 296 Å². The average Bonchev–Trinajstić information content (AvgIpc) is 3.86. The summed E-state index contributed by atoms with van der Waals surface area (Å²) in [4.78, 5) is 15.7. The van der Waals surface area contributed by atoms with Gasteiger partial charge >= 0.3 is 0 Å². The number of aromatic nitrogens is 5. The van der Waals surface area contributed by atoms with Crippen LogP contribution in [0.2, 0.25) is 0 Å². The summed E-state index contributed by atoms with van der Waals surface area (Å²) >= 11 is 1.80. The lowest BCUT2D eigenvalue weighted by atomic mass is 10.1. The van der Waals surface area contributed by atoms with Gasteiger partial charge in [-0.1, -0.05) is 127 Å². The van der Waals surface area contributed by atoms with Crippen LogP contribution in [-0.4, -0.2) is 24.1 Å². The lowest BCUT2D eigenvalue weighted by Gasteiger charge is -2.13. The average molecular weight is 670 g/mol. The van der Waals surface area contributed by atoms with Crippen LogP contribution in [0.15, 0.2) is 164 Å². The Morgan fingerprint density at radius 1 is 0.373 bits per heavy atom. The highest BCUT2D eigenvalue weighted by atomic mass is 32.1. The molecule has 0 bridgehead atoms. The Morgan fingerprint density at radius 3 is 1.63 bits per heavy atom. The fourth-order valence-electron chi connectivity index (χ4n) is 7.73. The van der Waals surface area contributed by atoms with Gasteiger partial charge in [-0.15, -0.1) is 11.3 Å². The first-order valence-corrected chi connectivity index (χ1v) is 17.9. The van der Waals surface area contributed by atoms with E-state index in [-0.39, 0.29) is 0 Å². The van der Waals surface area contributed by atoms with Gasteiger partial charge in [0.25, 0.3) is 0 Å². The van der Waals surface area contributed by atoms with Crippen LogP contribution in [0.3, 0.4) is 0 Å². The van der Waals surface area contributed by atoms with Gasteiger partial charge in [0.1, 0.15) is 0 Å². The van der Waals surface area contributed by atoms with Crippen molar-refractivity contribution in [1.82, 2.24) is 24.1 Å². The van der Waals surface area contributed by atoms with E-state index in [0.717, 1.165) is 49.7 Å². The molecule has 238 valence electrons. The van der Waals surface area contributed by atoms with Crippen molar-refractivity contribution in [3.63, 3.8) is 0 Å². The van der Waals surface area contributed by atoms with Crippen molar-refractivity contribution < 1.29 is 0 Å². The van der Waals surface area contributed by atoms with Gasteiger partial charge < -0.3 is 4.57 Å². The molecule has 0 amide bonds. The molecule has 0 spiro atoms. The van der Waals surface area contributed by atoms with Crippen molar-refractivity contribution in [1.29, 1.82) is 0 Å². The van der Waals surface area contributed by atoms with Crippen molar-refractivity contribution >= 4 is 75.1 Å². The van der Waals surface area contributed by atoms with Crippen LogP contribution in [-0.2, 0) is 0 Å². The topological polar surface area (TPSA) is 48.5 Å². The predicted octanol–water partition coefficient (Wildman–Crippen LogP) is 11.8. The van der Waals surface area contributed by atoms with Gasteiger partial charge in [-0.3, -0.25) is 4.57 Å². The highest BCUT2D eigenvalue weighted by Gasteiger charge is 2.23. The SMILES string of the molecule is c1ccc(-c2nc(-c3ccc4c(c3)sc3ccccc34)nc(-n3c4ccccc4c4ccc5c6ccccc6n(-c6ccccc6)c5c43)n2)cc1. The Hall–Kier alpha value is -6.63. The molecular weight excluding hydrogens is 643 g/mol. The molecule has 0 saturated carbocycles. The summed E-state index contributed by atoms with van der Waals surface area (Å²) in [5.74, 6) is 1.85. The minimum absolute atomic E-state index is 0.582. The van der Waals surface area contributed by atoms with E-state index in [9.17, 15) is 0 Å². The summed E-state index contributed by atoms with van der Waals surface area (Å²) in [6, 6.07) is 57.8. The number of para-hydroxylation sites is 3. The number of fused-ring (bicyclic) bond motifs is 10. The predicted molar refractivity (Wildman–Crippen MR) is 212 cm³/mol.